The lowest BCUT2D eigenvalue weighted by Crippen LogP contribution is -2.15. The van der Waals surface area contributed by atoms with Crippen molar-refractivity contribution in [3.05, 3.63) is 0 Å². The summed E-state index contributed by atoms with van der Waals surface area (Å²) in [5, 5.41) is 8.11. The van der Waals surface area contributed by atoms with E-state index in [4.69, 9.17) is 10.8 Å². The van der Waals surface area contributed by atoms with E-state index in [1.807, 2.05) is 0 Å². The second kappa shape index (κ2) is 6.89. The van der Waals surface area contributed by atoms with Crippen molar-refractivity contribution in [3.8, 4) is 0 Å². The molecule has 80 valence electrons. The van der Waals surface area contributed by atoms with Gasteiger partial charge in [-0.25, -0.2) is 0 Å². The topological polar surface area (TPSA) is 63.3 Å². The minimum Gasteiger partial charge on any atom is -0.481 e. The molecule has 0 radical (unpaired) electrons. The number of hydrogen-bond acceptors (Lipinski definition) is 2. The smallest absolute Gasteiger partial charge is 0.303 e. The fourth-order valence-corrected chi connectivity index (χ4v) is 0.351. The van der Waals surface area contributed by atoms with E-state index >= 15 is 0 Å². The van der Waals surface area contributed by atoms with Gasteiger partial charge in [0.05, 0.1) is 0 Å². The molecule has 0 saturated carbocycles. The molecule has 0 fully saturated rings. The molecule has 3 N–H and O–H groups in total. The maximum absolute atomic E-state index is 9.85. The van der Waals surface area contributed by atoms with Crippen LogP contribution >= 0.6 is 0 Å². The summed E-state index contributed by atoms with van der Waals surface area (Å²) >= 11 is 0. The van der Waals surface area contributed by atoms with E-state index in [2.05, 4.69) is 27.7 Å². The molecular formula is C10H23NO2. The molecule has 0 saturated heterocycles. The minimum absolute atomic E-state index is 0.00565. The average Bonchev–Trinajstić information content (AvgIpc) is 1.79. The Morgan fingerprint density at radius 2 is 1.69 bits per heavy atom. The molecule has 0 bridgehead atoms. The molecular weight excluding hydrogens is 166 g/mol. The van der Waals surface area contributed by atoms with Gasteiger partial charge in [-0.05, 0) is 18.8 Å². The number of nitrogens with two attached hydrogens (primary N) is 1. The van der Waals surface area contributed by atoms with Crippen molar-refractivity contribution in [2.45, 2.75) is 53.5 Å². The van der Waals surface area contributed by atoms with Crippen LogP contribution in [0.3, 0.4) is 0 Å². The van der Waals surface area contributed by atoms with Crippen molar-refractivity contribution in [1.82, 2.24) is 0 Å². The Labute approximate surface area is 81.3 Å². The maximum Gasteiger partial charge on any atom is 0.303 e. The van der Waals surface area contributed by atoms with Gasteiger partial charge in [0.1, 0.15) is 0 Å². The molecule has 1 atom stereocenters. The molecule has 0 heterocycles. The molecule has 3 nitrogen and oxygen atoms in total. The number of rotatable bonds is 3. The van der Waals surface area contributed by atoms with E-state index in [1.54, 1.807) is 6.92 Å². The Morgan fingerprint density at radius 3 is 1.77 bits per heavy atom. The Kier molecular flexibility index (Phi) is 7.92. The van der Waals surface area contributed by atoms with Gasteiger partial charge in [0.15, 0.2) is 0 Å². The molecule has 0 rings (SSSR count). The maximum atomic E-state index is 9.85. The van der Waals surface area contributed by atoms with Crippen molar-refractivity contribution in [1.29, 1.82) is 0 Å². The van der Waals surface area contributed by atoms with Gasteiger partial charge in [-0.1, -0.05) is 27.7 Å². The molecule has 13 heavy (non-hydrogen) atoms. The van der Waals surface area contributed by atoms with Crippen LogP contribution in [0.1, 0.15) is 47.5 Å². The van der Waals surface area contributed by atoms with Crippen LogP contribution in [-0.2, 0) is 4.79 Å². The summed E-state index contributed by atoms with van der Waals surface area (Å²) in [6.07, 6.45) is 0.743. The van der Waals surface area contributed by atoms with E-state index in [0.717, 1.165) is 0 Å². The Hall–Kier alpha value is -0.570. The number of aliphatic carboxylic acids is 1. The highest BCUT2D eigenvalue weighted by Gasteiger charge is 1.98. The predicted octanol–water partition coefficient (Wildman–Crippen LogP) is 2.25. The SMILES string of the molecule is CC(C)(C)C.C[C@@H](N)CCC(=O)O. The molecule has 3 heteroatoms. The van der Waals surface area contributed by atoms with Crippen LogP contribution < -0.4 is 5.73 Å². The van der Waals surface area contributed by atoms with Crippen molar-refractivity contribution in [3.63, 3.8) is 0 Å². The highest BCUT2D eigenvalue weighted by atomic mass is 16.4. The lowest BCUT2D eigenvalue weighted by molar-refractivity contribution is -0.137. The number of hydrogen-bond donors (Lipinski definition) is 2. The van der Waals surface area contributed by atoms with Crippen molar-refractivity contribution >= 4 is 5.97 Å². The highest BCUT2D eigenvalue weighted by molar-refractivity contribution is 5.66. The lowest BCUT2D eigenvalue weighted by atomic mass is 10.0. The van der Waals surface area contributed by atoms with Gasteiger partial charge in [0, 0.05) is 12.5 Å². The van der Waals surface area contributed by atoms with Gasteiger partial charge in [-0.2, -0.15) is 0 Å². The minimum atomic E-state index is -0.776. The van der Waals surface area contributed by atoms with Gasteiger partial charge < -0.3 is 10.8 Å². The van der Waals surface area contributed by atoms with Crippen LogP contribution in [0.5, 0.6) is 0 Å². The molecule has 0 aliphatic carbocycles. The lowest BCUT2D eigenvalue weighted by Gasteiger charge is -2.05. The quantitative estimate of drug-likeness (QED) is 0.715. The normalized spacial score (nSPS) is 12.8. The van der Waals surface area contributed by atoms with Crippen LogP contribution in [0, 0.1) is 5.41 Å². The van der Waals surface area contributed by atoms with Gasteiger partial charge in [-0.3, -0.25) is 4.79 Å². The molecule has 0 aliphatic rings. The summed E-state index contributed by atoms with van der Waals surface area (Å²) in [4.78, 5) is 9.85. The third-order valence-electron chi connectivity index (χ3n) is 0.814. The first kappa shape index (κ1) is 14.9. The van der Waals surface area contributed by atoms with Gasteiger partial charge in [0.25, 0.3) is 0 Å². The summed E-state index contributed by atoms with van der Waals surface area (Å²) in [5.41, 5.74) is 5.78. The fraction of sp³-hybridized carbons (Fsp3) is 0.900. The summed E-state index contributed by atoms with van der Waals surface area (Å²) in [6.45, 7) is 10.5. The van der Waals surface area contributed by atoms with Crippen molar-refractivity contribution in [2.24, 2.45) is 11.1 Å². The molecule has 0 spiro atoms. The van der Waals surface area contributed by atoms with Gasteiger partial charge in [0.2, 0.25) is 0 Å². The zero-order valence-electron chi connectivity index (χ0n) is 9.42. The van der Waals surface area contributed by atoms with Gasteiger partial charge >= 0.3 is 5.97 Å². The first-order valence-electron chi connectivity index (χ1n) is 4.60. The zero-order valence-corrected chi connectivity index (χ0v) is 9.42. The summed E-state index contributed by atoms with van der Waals surface area (Å²) < 4.78 is 0. The molecule has 0 aromatic rings. The summed E-state index contributed by atoms with van der Waals surface area (Å²) in [7, 11) is 0. The van der Waals surface area contributed by atoms with Crippen LogP contribution in [0.15, 0.2) is 0 Å². The van der Waals surface area contributed by atoms with Crippen LogP contribution in [0.2, 0.25) is 0 Å². The monoisotopic (exact) mass is 189 g/mol. The van der Waals surface area contributed by atoms with E-state index in [0.29, 0.717) is 11.8 Å². The molecule has 0 unspecified atom stereocenters. The predicted molar refractivity (Wildman–Crippen MR) is 55.6 cm³/mol. The molecule has 0 amide bonds. The van der Waals surface area contributed by atoms with Crippen molar-refractivity contribution < 1.29 is 9.90 Å². The van der Waals surface area contributed by atoms with Crippen LogP contribution in [0.25, 0.3) is 0 Å². The van der Waals surface area contributed by atoms with E-state index in [-0.39, 0.29) is 12.5 Å². The standard InChI is InChI=1S/C5H11NO2.C5H12/c1-4(6)2-3-5(7)8;1-5(2,3)4/h4H,2-3,6H2,1H3,(H,7,8);1-4H3/t4-;/m1./s1. The van der Waals surface area contributed by atoms with Crippen LogP contribution in [-0.4, -0.2) is 17.1 Å². The number of carbonyl (C=O) groups is 1. The summed E-state index contributed by atoms with van der Waals surface area (Å²) in [6, 6.07) is 0.00565. The second-order valence-electron chi connectivity index (χ2n) is 4.91. The first-order valence-corrected chi connectivity index (χ1v) is 4.60. The van der Waals surface area contributed by atoms with E-state index in [9.17, 15) is 4.79 Å². The third kappa shape index (κ3) is 51.8. The molecule has 0 aliphatic heterocycles. The van der Waals surface area contributed by atoms with E-state index in [1.165, 1.54) is 0 Å². The molecule has 0 aromatic heterocycles. The van der Waals surface area contributed by atoms with Gasteiger partial charge in [-0.15, -0.1) is 0 Å². The average molecular weight is 189 g/mol. The zero-order chi connectivity index (χ0) is 11.1. The highest BCUT2D eigenvalue weighted by Crippen LogP contribution is 2.08. The van der Waals surface area contributed by atoms with E-state index < -0.39 is 5.97 Å². The first-order chi connectivity index (χ1) is 5.63. The Bertz CT molecular complexity index is 130. The summed E-state index contributed by atoms with van der Waals surface area (Å²) in [5.74, 6) is -0.776. The van der Waals surface area contributed by atoms with Crippen LogP contribution in [0.4, 0.5) is 0 Å². The second-order valence-corrected chi connectivity index (χ2v) is 4.91. The number of carboxylic acid groups (broad SMARTS) is 1. The number of carboxylic acids is 1. The fourth-order valence-electron chi connectivity index (χ4n) is 0.351. The molecule has 0 aromatic carbocycles. The Morgan fingerprint density at radius 1 is 1.38 bits per heavy atom. The largest absolute Gasteiger partial charge is 0.481 e. The van der Waals surface area contributed by atoms with Crippen molar-refractivity contribution in [2.75, 3.05) is 0 Å². The Balaban J connectivity index is 0. The third-order valence-corrected chi connectivity index (χ3v) is 0.814.